The Hall–Kier alpha value is -3.70. The summed E-state index contributed by atoms with van der Waals surface area (Å²) in [4.78, 5) is 8.09. The van der Waals surface area contributed by atoms with Crippen LogP contribution in [0.5, 0.6) is 0 Å². The lowest BCUT2D eigenvalue weighted by Crippen LogP contribution is -3.00. The molecule has 0 N–H and O–H groups in total. The van der Waals surface area contributed by atoms with Crippen molar-refractivity contribution in [3.05, 3.63) is 120 Å². The first kappa shape index (κ1) is 44.5. The molecule has 0 fully saturated rings. The van der Waals surface area contributed by atoms with Crippen LogP contribution in [-0.2, 0) is 13.1 Å². The second-order valence-electron chi connectivity index (χ2n) is 12.6. The first-order valence-corrected chi connectivity index (χ1v) is 18.6. The fraction of sp³-hybridized carbons (Fsp3) is 0.391. The van der Waals surface area contributed by atoms with Crippen LogP contribution in [0.15, 0.2) is 98.1 Å². The van der Waals surface area contributed by atoms with Gasteiger partial charge in [-0.15, -0.1) is 0 Å². The summed E-state index contributed by atoms with van der Waals surface area (Å²) in [6.07, 6.45) is 34.3. The molecule has 5 rings (SSSR count). The van der Waals surface area contributed by atoms with Crippen LogP contribution >= 0.6 is 0 Å². The molecule has 4 aromatic rings. The number of hydrogen-bond acceptors (Lipinski definition) is 2. The van der Waals surface area contributed by atoms with Crippen molar-refractivity contribution in [3.63, 3.8) is 0 Å². The molecule has 4 bridgehead atoms. The van der Waals surface area contributed by atoms with Gasteiger partial charge in [-0.1, -0.05) is 73.0 Å². The normalized spacial score (nSPS) is 12.7. The predicted octanol–water partition coefficient (Wildman–Crippen LogP) is 2.81. The van der Waals surface area contributed by atoms with Gasteiger partial charge in [-0.2, -0.15) is 0 Å². The van der Waals surface area contributed by atoms with Gasteiger partial charge in [0.1, 0.15) is 13.1 Å². The Balaban J connectivity index is 0.000000356. The Morgan fingerprint density at radius 2 is 1.00 bits per heavy atom. The maximum Gasteiger partial charge on any atom is 0.184 e. The predicted molar refractivity (Wildman–Crippen MR) is 203 cm³/mol. The summed E-state index contributed by atoms with van der Waals surface area (Å²) in [6, 6.07) is 16.3. The zero-order valence-corrected chi connectivity index (χ0v) is 34.8. The highest BCUT2D eigenvalue weighted by Crippen LogP contribution is 2.07. The van der Waals surface area contributed by atoms with E-state index in [0.717, 1.165) is 73.9 Å². The van der Waals surface area contributed by atoms with E-state index in [4.69, 9.17) is 0 Å². The van der Waals surface area contributed by atoms with Crippen molar-refractivity contribution in [2.75, 3.05) is 0 Å². The van der Waals surface area contributed by atoms with Crippen LogP contribution in [0.3, 0.4) is 0 Å². The minimum absolute atomic E-state index is 0. The van der Waals surface area contributed by atoms with Crippen LogP contribution in [0.25, 0.3) is 0 Å². The summed E-state index contributed by atoms with van der Waals surface area (Å²) < 4.78 is 4.57. The number of nitrogens with zero attached hydrogens (tertiary/aromatic N) is 4. The molecule has 4 aromatic heterocycles. The topological polar surface area (TPSA) is 33.5 Å². The monoisotopic (exact) mass is 914 g/mol. The summed E-state index contributed by atoms with van der Waals surface area (Å²) in [6.45, 7) is 2.15. The van der Waals surface area contributed by atoms with Crippen molar-refractivity contribution in [1.29, 1.82) is 0 Å². The molecular weight excluding hydrogens is 862 g/mol. The third-order valence-corrected chi connectivity index (χ3v) is 8.26. The second-order valence-corrected chi connectivity index (χ2v) is 12.6. The van der Waals surface area contributed by atoms with E-state index in [1.54, 1.807) is 24.8 Å². The summed E-state index contributed by atoms with van der Waals surface area (Å²) in [5, 5.41) is 0. The van der Waals surface area contributed by atoms with E-state index >= 15 is 0 Å². The largest absolute Gasteiger partial charge is 1.00 e. The van der Waals surface area contributed by atoms with Crippen molar-refractivity contribution < 1.29 is 57.1 Å². The number of aromatic nitrogens is 4. The average molecular weight is 915 g/mol. The average Bonchev–Trinajstić information content (AvgIpc) is 3.16. The Morgan fingerprint density at radius 1 is 0.538 bits per heavy atom. The molecule has 0 saturated carbocycles. The van der Waals surface area contributed by atoms with E-state index < -0.39 is 0 Å². The van der Waals surface area contributed by atoms with Gasteiger partial charge in [0.15, 0.2) is 24.8 Å². The van der Waals surface area contributed by atoms with Crippen molar-refractivity contribution in [2.45, 2.75) is 116 Å². The molecule has 5 heterocycles. The molecule has 52 heavy (non-hydrogen) atoms. The maximum absolute atomic E-state index is 4.04. The van der Waals surface area contributed by atoms with E-state index in [1.165, 1.54) is 64.2 Å². The Kier molecular flexibility index (Phi) is 25.5. The fourth-order valence-corrected chi connectivity index (χ4v) is 5.50. The third kappa shape index (κ3) is 21.0. The summed E-state index contributed by atoms with van der Waals surface area (Å²) in [5.41, 5.74) is 4.26. The molecule has 0 amide bonds. The first-order chi connectivity index (χ1) is 24.8. The van der Waals surface area contributed by atoms with Crippen LogP contribution in [0.2, 0.25) is 0 Å². The summed E-state index contributed by atoms with van der Waals surface area (Å²) in [5.74, 6) is 26.0. The molecule has 1 aliphatic heterocycles. The SMILES string of the molecule is C(#Cc1cccnc1)CCCCCCC#Cc1cccnc1.C1#Cc2ccc[n+](c2)CCCCCC[n+]2cccc(c2)C#CCCCCCC1.[I-].[I-]. The number of aryl methyl sites for hydroxylation is 2. The maximum atomic E-state index is 4.04. The van der Waals surface area contributed by atoms with Gasteiger partial charge in [-0.25, -0.2) is 9.13 Å². The molecule has 0 atom stereocenters. The minimum Gasteiger partial charge on any atom is -1.00 e. The first-order valence-electron chi connectivity index (χ1n) is 18.6. The Bertz CT molecular complexity index is 1660. The van der Waals surface area contributed by atoms with E-state index in [2.05, 4.69) is 116 Å². The van der Waals surface area contributed by atoms with Gasteiger partial charge in [0.25, 0.3) is 0 Å². The molecule has 0 spiro atoms. The van der Waals surface area contributed by atoms with Crippen molar-refractivity contribution in [2.24, 2.45) is 0 Å². The molecule has 4 nitrogen and oxygen atoms in total. The third-order valence-electron chi connectivity index (χ3n) is 8.26. The van der Waals surface area contributed by atoms with Crippen LogP contribution in [0.1, 0.15) is 125 Å². The number of fused-ring (bicyclic) bond motifs is 4. The molecule has 1 aliphatic rings. The minimum atomic E-state index is 0. The standard InChI is InChI=1S/C26H32N2.C20H20N2.2HI/c1-2-4-6-10-16-26-18-14-22-28(24-26)20-12-8-7-11-19-27-21-13-17-25(23-27)15-9-5-3-1;1(3-5-7-11-19-13-9-15-21-17-19)2-4-6-8-12-20-14-10-16-22-18-20;;/h13-14,17-18,21-24H,1-8,11-12,19-20H2;9-10,13-18H,1-6H2;2*1H/q+2;;;/p-2. The second kappa shape index (κ2) is 29.8. The van der Waals surface area contributed by atoms with Crippen LogP contribution in [0, 0.1) is 47.4 Å². The quantitative estimate of drug-likeness (QED) is 0.134. The Morgan fingerprint density at radius 3 is 1.44 bits per heavy atom. The van der Waals surface area contributed by atoms with Crippen LogP contribution in [0.4, 0.5) is 0 Å². The summed E-state index contributed by atoms with van der Waals surface area (Å²) in [7, 11) is 0. The van der Waals surface area contributed by atoms with Gasteiger partial charge >= 0.3 is 0 Å². The van der Waals surface area contributed by atoms with Crippen molar-refractivity contribution >= 4 is 0 Å². The molecule has 0 unspecified atom stereocenters. The molecule has 0 aliphatic carbocycles. The van der Waals surface area contributed by atoms with Crippen molar-refractivity contribution in [1.82, 2.24) is 9.97 Å². The van der Waals surface area contributed by atoms with Gasteiger partial charge < -0.3 is 48.0 Å². The van der Waals surface area contributed by atoms with Gasteiger partial charge in [0, 0.05) is 86.6 Å². The number of pyridine rings is 4. The van der Waals surface area contributed by atoms with E-state index in [9.17, 15) is 0 Å². The van der Waals surface area contributed by atoms with E-state index in [-0.39, 0.29) is 48.0 Å². The van der Waals surface area contributed by atoms with Crippen molar-refractivity contribution in [3.8, 4) is 47.4 Å². The fourth-order valence-electron chi connectivity index (χ4n) is 5.50. The lowest BCUT2D eigenvalue weighted by atomic mass is 10.1. The lowest BCUT2D eigenvalue weighted by molar-refractivity contribution is -0.699. The highest BCUT2D eigenvalue weighted by molar-refractivity contribution is 5.32. The molecule has 0 saturated heterocycles. The van der Waals surface area contributed by atoms with Gasteiger partial charge in [-0.05, 0) is 74.9 Å². The van der Waals surface area contributed by atoms with E-state index in [1.807, 2.05) is 24.3 Å². The molecule has 0 aromatic carbocycles. The zero-order chi connectivity index (χ0) is 34.6. The van der Waals surface area contributed by atoms with Crippen LogP contribution < -0.4 is 57.1 Å². The van der Waals surface area contributed by atoms with E-state index in [0.29, 0.717) is 0 Å². The number of hydrogen-bond donors (Lipinski definition) is 0. The molecule has 270 valence electrons. The smallest absolute Gasteiger partial charge is 0.184 e. The highest BCUT2D eigenvalue weighted by Gasteiger charge is 2.04. The lowest BCUT2D eigenvalue weighted by Gasteiger charge is -2.00. The molecule has 0 radical (unpaired) electrons. The number of halogens is 2. The van der Waals surface area contributed by atoms with Gasteiger partial charge in [0.2, 0.25) is 0 Å². The Labute approximate surface area is 348 Å². The van der Waals surface area contributed by atoms with Gasteiger partial charge in [-0.3, -0.25) is 9.97 Å². The highest BCUT2D eigenvalue weighted by atomic mass is 127. The molecule has 6 heteroatoms. The molecular formula is C46H52I2N4. The number of unbranched alkanes of at least 4 members (excludes halogenated alkanes) is 5. The van der Waals surface area contributed by atoms with Crippen LogP contribution in [-0.4, -0.2) is 9.97 Å². The summed E-state index contributed by atoms with van der Waals surface area (Å²) >= 11 is 0. The van der Waals surface area contributed by atoms with Gasteiger partial charge in [0.05, 0.1) is 11.1 Å². The zero-order valence-electron chi connectivity index (χ0n) is 30.5. The number of rotatable bonds is 5.